The van der Waals surface area contributed by atoms with Crippen molar-refractivity contribution >= 4 is 6.08 Å². The van der Waals surface area contributed by atoms with E-state index in [2.05, 4.69) is 10.0 Å². The largest absolute Gasteiger partial charge is 0.497 e. The summed E-state index contributed by atoms with van der Waals surface area (Å²) in [6.45, 7) is 0.503. The van der Waals surface area contributed by atoms with Crippen molar-refractivity contribution in [3.63, 3.8) is 0 Å². The molecular formula is C11H13N3O. The van der Waals surface area contributed by atoms with Gasteiger partial charge in [0.25, 0.3) is 0 Å². The summed E-state index contributed by atoms with van der Waals surface area (Å²) >= 11 is 0. The molecule has 0 saturated heterocycles. The van der Waals surface area contributed by atoms with Gasteiger partial charge in [-0.05, 0) is 29.6 Å². The minimum absolute atomic E-state index is 0.503. The first-order valence-electron chi connectivity index (χ1n) is 4.68. The molecule has 78 valence electrons. The summed E-state index contributed by atoms with van der Waals surface area (Å²) in [7, 11) is 1.64. The van der Waals surface area contributed by atoms with E-state index in [1.165, 1.54) is 0 Å². The molecule has 0 aliphatic rings. The van der Waals surface area contributed by atoms with Crippen LogP contribution in [0.25, 0.3) is 16.5 Å². The van der Waals surface area contributed by atoms with Crippen LogP contribution in [0.5, 0.6) is 5.75 Å². The Bertz CT molecular complexity index is 364. The highest BCUT2D eigenvalue weighted by atomic mass is 16.5. The molecule has 4 heteroatoms. The quantitative estimate of drug-likeness (QED) is 0.313. The topological polar surface area (TPSA) is 58.0 Å². The Labute approximate surface area is 88.8 Å². The van der Waals surface area contributed by atoms with Crippen molar-refractivity contribution in [2.24, 2.45) is 5.11 Å². The lowest BCUT2D eigenvalue weighted by atomic mass is 10.2. The highest BCUT2D eigenvalue weighted by Gasteiger charge is 1.89. The Hall–Kier alpha value is -1.93. The Morgan fingerprint density at radius 1 is 1.40 bits per heavy atom. The van der Waals surface area contributed by atoms with Crippen LogP contribution in [0.1, 0.15) is 12.0 Å². The van der Waals surface area contributed by atoms with Gasteiger partial charge in [0.15, 0.2) is 0 Å². The Kier molecular flexibility index (Phi) is 4.84. The Balaban J connectivity index is 2.46. The lowest BCUT2D eigenvalue weighted by molar-refractivity contribution is 0.415. The fourth-order valence-corrected chi connectivity index (χ4v) is 1.11. The second kappa shape index (κ2) is 6.51. The van der Waals surface area contributed by atoms with Crippen LogP contribution in [0.2, 0.25) is 0 Å². The molecule has 0 fully saturated rings. The van der Waals surface area contributed by atoms with E-state index in [9.17, 15) is 0 Å². The molecule has 0 amide bonds. The lowest BCUT2D eigenvalue weighted by Gasteiger charge is -1.98. The van der Waals surface area contributed by atoms with Gasteiger partial charge in [-0.25, -0.2) is 0 Å². The van der Waals surface area contributed by atoms with Gasteiger partial charge in [0.2, 0.25) is 0 Å². The smallest absolute Gasteiger partial charge is 0.118 e. The van der Waals surface area contributed by atoms with Gasteiger partial charge in [0.05, 0.1) is 7.11 Å². The van der Waals surface area contributed by atoms with Crippen molar-refractivity contribution in [1.82, 2.24) is 0 Å². The minimum Gasteiger partial charge on any atom is -0.497 e. The number of rotatable bonds is 5. The molecule has 0 aliphatic carbocycles. The van der Waals surface area contributed by atoms with E-state index < -0.39 is 0 Å². The van der Waals surface area contributed by atoms with Crippen LogP contribution in [0.4, 0.5) is 0 Å². The van der Waals surface area contributed by atoms with Crippen molar-refractivity contribution in [3.05, 3.63) is 46.3 Å². The second-order valence-electron chi connectivity index (χ2n) is 2.92. The van der Waals surface area contributed by atoms with Gasteiger partial charge in [-0.1, -0.05) is 29.4 Å². The first-order valence-corrected chi connectivity index (χ1v) is 4.68. The van der Waals surface area contributed by atoms with Crippen LogP contribution in [0, 0.1) is 0 Å². The van der Waals surface area contributed by atoms with Gasteiger partial charge in [0, 0.05) is 11.5 Å². The van der Waals surface area contributed by atoms with Gasteiger partial charge in [-0.2, -0.15) is 0 Å². The van der Waals surface area contributed by atoms with Crippen LogP contribution >= 0.6 is 0 Å². The lowest BCUT2D eigenvalue weighted by Crippen LogP contribution is -1.81. The van der Waals surface area contributed by atoms with E-state index in [4.69, 9.17) is 10.3 Å². The molecule has 0 aromatic heterocycles. The molecule has 1 rings (SSSR count). The highest BCUT2D eigenvalue weighted by Crippen LogP contribution is 2.12. The Morgan fingerprint density at radius 3 is 2.73 bits per heavy atom. The number of nitrogens with zero attached hydrogens (tertiary/aromatic N) is 3. The number of methoxy groups -OCH3 is 1. The molecule has 0 radical (unpaired) electrons. The van der Waals surface area contributed by atoms with Crippen molar-refractivity contribution in [3.8, 4) is 5.75 Å². The summed E-state index contributed by atoms with van der Waals surface area (Å²) < 4.78 is 5.05. The molecule has 4 nitrogen and oxygen atoms in total. The number of hydrogen-bond acceptors (Lipinski definition) is 2. The molecule has 0 unspecified atom stereocenters. The number of azide groups is 1. The van der Waals surface area contributed by atoms with Crippen LogP contribution < -0.4 is 4.74 Å². The third-order valence-corrected chi connectivity index (χ3v) is 1.89. The van der Waals surface area contributed by atoms with E-state index in [1.54, 1.807) is 7.11 Å². The zero-order valence-electron chi connectivity index (χ0n) is 8.63. The van der Waals surface area contributed by atoms with Crippen molar-refractivity contribution in [2.75, 3.05) is 13.7 Å². The molecule has 0 N–H and O–H groups in total. The number of ether oxygens (including phenoxy) is 1. The first kappa shape index (κ1) is 11.1. The predicted molar refractivity (Wildman–Crippen MR) is 60.7 cm³/mol. The van der Waals surface area contributed by atoms with E-state index in [-0.39, 0.29) is 0 Å². The molecule has 15 heavy (non-hydrogen) atoms. The van der Waals surface area contributed by atoms with Crippen LogP contribution in [0.15, 0.2) is 35.5 Å². The fourth-order valence-electron chi connectivity index (χ4n) is 1.11. The van der Waals surface area contributed by atoms with Gasteiger partial charge >= 0.3 is 0 Å². The third kappa shape index (κ3) is 4.20. The summed E-state index contributed by atoms with van der Waals surface area (Å²) in [6.07, 6.45) is 4.74. The third-order valence-electron chi connectivity index (χ3n) is 1.89. The summed E-state index contributed by atoms with van der Waals surface area (Å²) in [5.74, 6) is 0.848. The van der Waals surface area contributed by atoms with E-state index in [1.807, 2.05) is 36.4 Å². The zero-order chi connectivity index (χ0) is 10.9. The summed E-state index contributed by atoms with van der Waals surface area (Å²) in [4.78, 5) is 2.68. The number of benzene rings is 1. The van der Waals surface area contributed by atoms with E-state index in [0.29, 0.717) is 6.54 Å². The van der Waals surface area contributed by atoms with Crippen LogP contribution in [-0.2, 0) is 0 Å². The predicted octanol–water partition coefficient (Wildman–Crippen LogP) is 3.41. The first-order chi connectivity index (χ1) is 7.36. The standard InChI is InChI=1S/C11H13N3O/c1-15-11-7-5-10(6-8-11)4-2-3-9-13-14-12/h2,4-8H,3,9H2,1H3/b4-2-. The van der Waals surface area contributed by atoms with Gasteiger partial charge in [-0.15, -0.1) is 0 Å². The van der Waals surface area contributed by atoms with Gasteiger partial charge in [-0.3, -0.25) is 0 Å². The van der Waals surface area contributed by atoms with Crippen molar-refractivity contribution < 1.29 is 4.74 Å². The summed E-state index contributed by atoms with van der Waals surface area (Å²) in [5.41, 5.74) is 9.17. The molecule has 0 spiro atoms. The SMILES string of the molecule is COc1ccc(/C=C\CCN=[N+]=[N-])cc1. The van der Waals surface area contributed by atoms with E-state index in [0.717, 1.165) is 17.7 Å². The van der Waals surface area contributed by atoms with Crippen molar-refractivity contribution in [2.45, 2.75) is 6.42 Å². The van der Waals surface area contributed by atoms with Crippen LogP contribution in [0.3, 0.4) is 0 Å². The molecule has 0 heterocycles. The van der Waals surface area contributed by atoms with Gasteiger partial charge < -0.3 is 4.74 Å². The maximum Gasteiger partial charge on any atom is 0.118 e. The summed E-state index contributed by atoms with van der Waals surface area (Å²) in [6, 6.07) is 7.77. The molecule has 0 saturated carbocycles. The molecule has 0 bridgehead atoms. The second-order valence-corrected chi connectivity index (χ2v) is 2.92. The van der Waals surface area contributed by atoms with E-state index >= 15 is 0 Å². The van der Waals surface area contributed by atoms with Gasteiger partial charge in [0.1, 0.15) is 5.75 Å². The maximum absolute atomic E-state index is 8.06. The number of hydrogen-bond donors (Lipinski definition) is 0. The molecule has 1 aromatic rings. The fraction of sp³-hybridized carbons (Fsp3) is 0.273. The normalized spacial score (nSPS) is 9.93. The average Bonchev–Trinajstić information content (AvgIpc) is 2.30. The van der Waals surface area contributed by atoms with Crippen molar-refractivity contribution in [1.29, 1.82) is 0 Å². The molecule has 1 aromatic carbocycles. The maximum atomic E-state index is 8.06. The van der Waals surface area contributed by atoms with Crippen LogP contribution in [-0.4, -0.2) is 13.7 Å². The molecule has 0 aliphatic heterocycles. The molecule has 0 atom stereocenters. The zero-order valence-corrected chi connectivity index (χ0v) is 8.63. The monoisotopic (exact) mass is 203 g/mol. The minimum atomic E-state index is 0.503. The average molecular weight is 203 g/mol. The summed E-state index contributed by atoms with van der Waals surface area (Å²) in [5, 5.41) is 3.44. The molecular weight excluding hydrogens is 190 g/mol. The highest BCUT2D eigenvalue weighted by molar-refractivity contribution is 5.50. The Morgan fingerprint density at radius 2 is 2.13 bits per heavy atom.